The van der Waals surface area contributed by atoms with Crippen LogP contribution in [0.2, 0.25) is 0 Å². The van der Waals surface area contributed by atoms with Crippen LogP contribution in [0.15, 0.2) is 71.3 Å². The predicted molar refractivity (Wildman–Crippen MR) is 115 cm³/mol. The molecule has 0 fully saturated rings. The van der Waals surface area contributed by atoms with Crippen molar-refractivity contribution < 1.29 is 13.9 Å². The van der Waals surface area contributed by atoms with E-state index in [0.29, 0.717) is 31.1 Å². The average molecular weight is 407 g/mol. The third-order valence-electron chi connectivity index (χ3n) is 4.56. The Morgan fingerprint density at radius 2 is 2.00 bits per heavy atom. The number of ether oxygens (including phenoxy) is 1. The molecule has 5 nitrogen and oxygen atoms in total. The molecule has 0 radical (unpaired) electrons. The van der Waals surface area contributed by atoms with Crippen molar-refractivity contribution in [1.82, 2.24) is 4.98 Å². The number of fused-ring (bicyclic) bond motifs is 1. The van der Waals surface area contributed by atoms with Crippen LogP contribution in [0.5, 0.6) is 5.75 Å². The van der Waals surface area contributed by atoms with Crippen molar-refractivity contribution in [3.63, 3.8) is 0 Å². The zero-order chi connectivity index (χ0) is 20.1. The number of rotatable bonds is 8. The van der Waals surface area contributed by atoms with Crippen LogP contribution in [0, 0.1) is 0 Å². The van der Waals surface area contributed by atoms with Gasteiger partial charge in [-0.05, 0) is 49.2 Å². The highest BCUT2D eigenvalue weighted by Gasteiger charge is 2.21. The standard InChI is InChI=1S/C23H22N2O3S/c1-2-27-18-11-12-20-21(15-18)29-23(24-20)25(16-19-9-6-14-28-19)22(26)13-10-17-7-4-3-5-8-17/h3-9,11-12,14-15H,2,10,13,16H2,1H3. The van der Waals surface area contributed by atoms with E-state index in [1.807, 2.05) is 67.6 Å². The summed E-state index contributed by atoms with van der Waals surface area (Å²) in [6.07, 6.45) is 2.72. The second-order valence-electron chi connectivity index (χ2n) is 6.60. The van der Waals surface area contributed by atoms with Gasteiger partial charge in [-0.2, -0.15) is 0 Å². The second-order valence-corrected chi connectivity index (χ2v) is 7.61. The van der Waals surface area contributed by atoms with Gasteiger partial charge in [-0.15, -0.1) is 0 Å². The molecule has 2 aromatic heterocycles. The smallest absolute Gasteiger partial charge is 0.229 e. The van der Waals surface area contributed by atoms with Crippen molar-refractivity contribution in [3.8, 4) is 5.75 Å². The first-order chi connectivity index (χ1) is 14.2. The largest absolute Gasteiger partial charge is 0.494 e. The first kappa shape index (κ1) is 19.2. The van der Waals surface area contributed by atoms with E-state index in [1.165, 1.54) is 11.3 Å². The Bertz CT molecular complexity index is 1070. The Hall–Kier alpha value is -3.12. The lowest BCUT2D eigenvalue weighted by Gasteiger charge is -2.18. The minimum atomic E-state index is 0.0225. The van der Waals surface area contributed by atoms with E-state index in [9.17, 15) is 4.79 Å². The van der Waals surface area contributed by atoms with E-state index < -0.39 is 0 Å². The lowest BCUT2D eigenvalue weighted by molar-refractivity contribution is -0.118. The van der Waals surface area contributed by atoms with E-state index in [-0.39, 0.29) is 5.91 Å². The lowest BCUT2D eigenvalue weighted by atomic mass is 10.1. The molecule has 2 aromatic carbocycles. The van der Waals surface area contributed by atoms with Crippen LogP contribution in [-0.2, 0) is 17.8 Å². The molecule has 2 heterocycles. The van der Waals surface area contributed by atoms with Gasteiger partial charge < -0.3 is 9.15 Å². The van der Waals surface area contributed by atoms with Gasteiger partial charge in [0, 0.05) is 6.42 Å². The summed E-state index contributed by atoms with van der Waals surface area (Å²) < 4.78 is 12.1. The Morgan fingerprint density at radius 3 is 2.76 bits per heavy atom. The van der Waals surface area contributed by atoms with Crippen LogP contribution < -0.4 is 9.64 Å². The fraction of sp³-hybridized carbons (Fsp3) is 0.217. The molecule has 0 aliphatic rings. The summed E-state index contributed by atoms with van der Waals surface area (Å²) >= 11 is 1.49. The van der Waals surface area contributed by atoms with E-state index >= 15 is 0 Å². The third-order valence-corrected chi connectivity index (χ3v) is 5.60. The van der Waals surface area contributed by atoms with Crippen molar-refractivity contribution in [2.45, 2.75) is 26.3 Å². The van der Waals surface area contributed by atoms with Gasteiger partial charge in [0.2, 0.25) is 5.91 Å². The Kier molecular flexibility index (Phi) is 5.91. The maximum Gasteiger partial charge on any atom is 0.229 e. The Labute approximate surface area is 173 Å². The van der Waals surface area contributed by atoms with Crippen LogP contribution in [0.3, 0.4) is 0 Å². The number of hydrogen-bond donors (Lipinski definition) is 0. The van der Waals surface area contributed by atoms with Gasteiger partial charge in [-0.1, -0.05) is 41.7 Å². The predicted octanol–water partition coefficient (Wildman–Crippen LogP) is 5.45. The molecule has 0 N–H and O–H groups in total. The fourth-order valence-electron chi connectivity index (χ4n) is 3.12. The van der Waals surface area contributed by atoms with Crippen LogP contribution in [0.4, 0.5) is 5.13 Å². The molecule has 4 rings (SSSR count). The lowest BCUT2D eigenvalue weighted by Crippen LogP contribution is -2.30. The molecule has 0 aliphatic carbocycles. The van der Waals surface area contributed by atoms with E-state index in [1.54, 1.807) is 11.2 Å². The number of carbonyl (C=O) groups excluding carboxylic acids is 1. The monoisotopic (exact) mass is 406 g/mol. The van der Waals surface area contributed by atoms with Crippen LogP contribution in [0.25, 0.3) is 10.2 Å². The van der Waals surface area contributed by atoms with Crippen molar-refractivity contribution >= 4 is 32.6 Å². The number of thiazole rings is 1. The number of anilines is 1. The number of furan rings is 1. The SMILES string of the molecule is CCOc1ccc2nc(N(Cc3ccco3)C(=O)CCc3ccccc3)sc2c1. The summed E-state index contributed by atoms with van der Waals surface area (Å²) in [5, 5.41) is 0.670. The van der Waals surface area contributed by atoms with E-state index in [4.69, 9.17) is 14.1 Å². The molecule has 0 saturated carbocycles. The summed E-state index contributed by atoms with van der Waals surface area (Å²) in [6, 6.07) is 19.5. The van der Waals surface area contributed by atoms with Crippen LogP contribution in [-0.4, -0.2) is 17.5 Å². The number of amides is 1. The fourth-order valence-corrected chi connectivity index (χ4v) is 4.13. The molecule has 0 saturated heterocycles. The molecule has 0 bridgehead atoms. The minimum Gasteiger partial charge on any atom is -0.494 e. The first-order valence-electron chi connectivity index (χ1n) is 9.63. The number of carbonyl (C=O) groups is 1. The molecule has 29 heavy (non-hydrogen) atoms. The van der Waals surface area contributed by atoms with Gasteiger partial charge in [0.25, 0.3) is 0 Å². The summed E-state index contributed by atoms with van der Waals surface area (Å²) in [5.74, 6) is 1.56. The Morgan fingerprint density at radius 1 is 1.14 bits per heavy atom. The first-order valence-corrected chi connectivity index (χ1v) is 10.4. The van der Waals surface area contributed by atoms with Crippen LogP contribution >= 0.6 is 11.3 Å². The summed E-state index contributed by atoms with van der Waals surface area (Å²) in [4.78, 5) is 19.5. The summed E-state index contributed by atoms with van der Waals surface area (Å²) in [7, 11) is 0. The van der Waals surface area contributed by atoms with Crippen molar-refractivity contribution in [2.75, 3.05) is 11.5 Å². The molecular weight excluding hydrogens is 384 g/mol. The highest BCUT2D eigenvalue weighted by molar-refractivity contribution is 7.22. The van der Waals surface area contributed by atoms with Crippen molar-refractivity contribution in [1.29, 1.82) is 0 Å². The molecule has 6 heteroatoms. The molecular formula is C23H22N2O3S. The molecule has 0 spiro atoms. The summed E-state index contributed by atoms with van der Waals surface area (Å²) in [6.45, 7) is 2.93. The number of hydrogen-bond acceptors (Lipinski definition) is 5. The quantitative estimate of drug-likeness (QED) is 0.390. The molecule has 0 aliphatic heterocycles. The van der Waals surface area contributed by atoms with Gasteiger partial charge >= 0.3 is 0 Å². The van der Waals surface area contributed by atoms with Crippen molar-refractivity contribution in [3.05, 3.63) is 78.3 Å². The topological polar surface area (TPSA) is 55.6 Å². The number of aryl methyl sites for hydroxylation is 1. The minimum absolute atomic E-state index is 0.0225. The molecule has 0 atom stereocenters. The molecule has 1 amide bonds. The maximum absolute atomic E-state index is 13.1. The van der Waals surface area contributed by atoms with Gasteiger partial charge in [0.15, 0.2) is 5.13 Å². The Balaban J connectivity index is 1.59. The maximum atomic E-state index is 13.1. The van der Waals surface area contributed by atoms with E-state index in [0.717, 1.165) is 27.3 Å². The van der Waals surface area contributed by atoms with Gasteiger partial charge in [-0.25, -0.2) is 4.98 Å². The number of aromatic nitrogens is 1. The normalized spacial score (nSPS) is 10.9. The van der Waals surface area contributed by atoms with Crippen molar-refractivity contribution in [2.24, 2.45) is 0 Å². The van der Waals surface area contributed by atoms with E-state index in [2.05, 4.69) is 0 Å². The second kappa shape index (κ2) is 8.92. The average Bonchev–Trinajstić information content (AvgIpc) is 3.40. The van der Waals surface area contributed by atoms with Gasteiger partial charge in [0.05, 0.1) is 29.6 Å². The third kappa shape index (κ3) is 4.66. The van der Waals surface area contributed by atoms with Crippen LogP contribution in [0.1, 0.15) is 24.7 Å². The number of nitrogens with zero attached hydrogens (tertiary/aromatic N) is 2. The zero-order valence-corrected chi connectivity index (χ0v) is 17.0. The highest BCUT2D eigenvalue weighted by atomic mass is 32.1. The zero-order valence-electron chi connectivity index (χ0n) is 16.2. The van der Waals surface area contributed by atoms with Gasteiger partial charge in [0.1, 0.15) is 11.5 Å². The summed E-state index contributed by atoms with van der Waals surface area (Å²) in [5.41, 5.74) is 2.00. The van der Waals surface area contributed by atoms with Gasteiger partial charge in [-0.3, -0.25) is 9.69 Å². The number of benzene rings is 2. The highest BCUT2D eigenvalue weighted by Crippen LogP contribution is 2.32. The molecule has 4 aromatic rings. The molecule has 0 unspecified atom stereocenters. The molecule has 148 valence electrons.